The number of hydrogen-bond donors (Lipinski definition) is 2. The van der Waals surface area contributed by atoms with E-state index in [2.05, 4.69) is 10.0 Å². The van der Waals surface area contributed by atoms with Crippen LogP contribution in [0.25, 0.3) is 0 Å². The fourth-order valence-electron chi connectivity index (χ4n) is 2.68. The van der Waals surface area contributed by atoms with E-state index in [9.17, 15) is 13.2 Å². The number of anilines is 1. The molecule has 0 saturated carbocycles. The van der Waals surface area contributed by atoms with Crippen molar-refractivity contribution in [1.82, 2.24) is 4.72 Å². The van der Waals surface area contributed by atoms with Gasteiger partial charge in [-0.25, -0.2) is 13.1 Å². The Morgan fingerprint density at radius 2 is 1.88 bits per heavy atom. The lowest BCUT2D eigenvalue weighted by molar-refractivity contribution is -0.118. The number of nitrogens with one attached hydrogen (secondary N) is 2. The van der Waals surface area contributed by atoms with Crippen LogP contribution in [-0.4, -0.2) is 40.2 Å². The van der Waals surface area contributed by atoms with Gasteiger partial charge in [-0.2, -0.15) is 0 Å². The van der Waals surface area contributed by atoms with Crippen molar-refractivity contribution in [2.75, 3.05) is 25.1 Å². The molecule has 0 aliphatic carbocycles. The number of para-hydroxylation sites is 2. The van der Waals surface area contributed by atoms with Gasteiger partial charge in [0.25, 0.3) is 5.91 Å². The number of benzene rings is 2. The van der Waals surface area contributed by atoms with Gasteiger partial charge in [-0.05, 0) is 30.3 Å². The fraction of sp³-hybridized carbons (Fsp3) is 0.235. The number of hydrogen-bond acceptors (Lipinski definition) is 6. The molecule has 4 rings (SSSR count). The molecule has 2 N–H and O–H groups in total. The van der Waals surface area contributed by atoms with Gasteiger partial charge < -0.3 is 19.5 Å². The third kappa shape index (κ3) is 3.31. The van der Waals surface area contributed by atoms with E-state index in [0.717, 1.165) is 0 Å². The fourth-order valence-corrected chi connectivity index (χ4v) is 3.77. The molecule has 0 fully saturated rings. The molecule has 0 radical (unpaired) electrons. The predicted octanol–water partition coefficient (Wildman–Crippen LogP) is 1.14. The maximum absolute atomic E-state index is 12.5. The molecule has 1 unspecified atom stereocenters. The normalized spacial score (nSPS) is 18.5. The Kier molecular flexibility index (Phi) is 4.17. The van der Waals surface area contributed by atoms with Crippen molar-refractivity contribution in [3.8, 4) is 17.2 Å². The Bertz CT molecular complexity index is 959. The van der Waals surface area contributed by atoms with Crippen LogP contribution in [0.5, 0.6) is 17.2 Å². The van der Waals surface area contributed by atoms with Crippen LogP contribution in [0.15, 0.2) is 47.4 Å². The molecule has 26 heavy (non-hydrogen) atoms. The molecule has 8 nitrogen and oxygen atoms in total. The summed E-state index contributed by atoms with van der Waals surface area (Å²) in [5.41, 5.74) is 0.329. The van der Waals surface area contributed by atoms with E-state index in [0.29, 0.717) is 22.9 Å². The topological polar surface area (TPSA) is 103 Å². The summed E-state index contributed by atoms with van der Waals surface area (Å²) in [6.45, 7) is 0.210. The van der Waals surface area contributed by atoms with Crippen molar-refractivity contribution in [1.29, 1.82) is 0 Å². The molecule has 2 aromatic carbocycles. The molecule has 1 amide bonds. The number of fused-ring (bicyclic) bond motifs is 2. The minimum atomic E-state index is -3.78. The number of sulfonamides is 1. The average molecular weight is 376 g/mol. The highest BCUT2D eigenvalue weighted by atomic mass is 32.2. The summed E-state index contributed by atoms with van der Waals surface area (Å²) >= 11 is 0. The number of carbonyl (C=O) groups excluding carboxylic acids is 1. The van der Waals surface area contributed by atoms with Crippen LogP contribution in [0.4, 0.5) is 5.69 Å². The molecule has 0 bridgehead atoms. The van der Waals surface area contributed by atoms with Gasteiger partial charge in [0.1, 0.15) is 18.5 Å². The maximum atomic E-state index is 12.5. The quantitative estimate of drug-likeness (QED) is 0.829. The molecule has 2 heterocycles. The van der Waals surface area contributed by atoms with Crippen molar-refractivity contribution in [2.24, 2.45) is 0 Å². The van der Waals surface area contributed by atoms with E-state index in [4.69, 9.17) is 14.2 Å². The van der Waals surface area contributed by atoms with Gasteiger partial charge in [0, 0.05) is 0 Å². The highest BCUT2D eigenvalue weighted by Crippen LogP contribution is 2.31. The van der Waals surface area contributed by atoms with Crippen LogP contribution in [0.3, 0.4) is 0 Å². The molecule has 1 atom stereocenters. The largest absolute Gasteiger partial charge is 0.486 e. The van der Waals surface area contributed by atoms with Gasteiger partial charge in [-0.15, -0.1) is 0 Å². The summed E-state index contributed by atoms with van der Waals surface area (Å²) in [5.74, 6) is 1.32. The van der Waals surface area contributed by atoms with Crippen LogP contribution in [0, 0.1) is 0 Å². The second kappa shape index (κ2) is 6.50. The lowest BCUT2D eigenvalue weighted by Crippen LogP contribution is -2.40. The van der Waals surface area contributed by atoms with Crippen LogP contribution in [0.2, 0.25) is 0 Å². The van der Waals surface area contributed by atoms with Gasteiger partial charge in [0.2, 0.25) is 10.0 Å². The number of amides is 1. The number of ether oxygens (including phenoxy) is 3. The van der Waals surface area contributed by atoms with Crippen LogP contribution >= 0.6 is 0 Å². The van der Waals surface area contributed by atoms with E-state index in [-0.39, 0.29) is 30.6 Å². The summed E-state index contributed by atoms with van der Waals surface area (Å²) in [7, 11) is -3.78. The summed E-state index contributed by atoms with van der Waals surface area (Å²) < 4.78 is 44.1. The highest BCUT2D eigenvalue weighted by Gasteiger charge is 2.25. The van der Waals surface area contributed by atoms with Gasteiger partial charge in [0.15, 0.2) is 18.1 Å². The molecular formula is C17H16N2O6S. The Morgan fingerprint density at radius 1 is 1.08 bits per heavy atom. The van der Waals surface area contributed by atoms with E-state index in [1.165, 1.54) is 18.2 Å². The van der Waals surface area contributed by atoms with E-state index < -0.39 is 16.1 Å². The van der Waals surface area contributed by atoms with Crippen molar-refractivity contribution >= 4 is 21.6 Å². The summed E-state index contributed by atoms with van der Waals surface area (Å²) in [5, 5.41) is 2.59. The van der Waals surface area contributed by atoms with Crippen LogP contribution in [-0.2, 0) is 14.8 Å². The minimum Gasteiger partial charge on any atom is -0.486 e. The van der Waals surface area contributed by atoms with E-state index in [1.54, 1.807) is 12.1 Å². The molecule has 9 heteroatoms. The van der Waals surface area contributed by atoms with Crippen molar-refractivity contribution in [3.05, 3.63) is 42.5 Å². The molecule has 0 saturated heterocycles. The third-order valence-electron chi connectivity index (χ3n) is 3.96. The second-order valence-electron chi connectivity index (χ2n) is 5.84. The Balaban J connectivity index is 1.45. The first-order valence-corrected chi connectivity index (χ1v) is 9.44. The summed E-state index contributed by atoms with van der Waals surface area (Å²) in [4.78, 5) is 11.4. The predicted molar refractivity (Wildman–Crippen MR) is 92.1 cm³/mol. The Morgan fingerprint density at radius 3 is 2.73 bits per heavy atom. The lowest BCUT2D eigenvalue weighted by Gasteiger charge is -2.26. The monoisotopic (exact) mass is 376 g/mol. The lowest BCUT2D eigenvalue weighted by atomic mass is 10.2. The van der Waals surface area contributed by atoms with E-state index in [1.807, 2.05) is 12.1 Å². The maximum Gasteiger partial charge on any atom is 0.262 e. The molecule has 0 spiro atoms. The minimum absolute atomic E-state index is 0.0270. The van der Waals surface area contributed by atoms with Crippen LogP contribution in [0.1, 0.15) is 0 Å². The zero-order valence-electron chi connectivity index (χ0n) is 13.6. The van der Waals surface area contributed by atoms with Gasteiger partial charge in [-0.1, -0.05) is 12.1 Å². The molecule has 2 aliphatic rings. The van der Waals surface area contributed by atoms with Crippen molar-refractivity contribution in [2.45, 2.75) is 11.0 Å². The van der Waals surface area contributed by atoms with Crippen molar-refractivity contribution in [3.63, 3.8) is 0 Å². The number of rotatable bonds is 4. The first-order valence-electron chi connectivity index (χ1n) is 7.96. The average Bonchev–Trinajstić information content (AvgIpc) is 2.65. The first-order chi connectivity index (χ1) is 12.5. The standard InChI is InChI=1S/C17H16N2O6S/c20-17-10-24-14-6-5-12(7-13(14)19-17)26(21,22)18-8-11-9-23-15-3-1-2-4-16(15)25-11/h1-7,11,18H,8-10H2,(H,19,20). The Hall–Kier alpha value is -2.78. The summed E-state index contributed by atoms with van der Waals surface area (Å²) in [6, 6.07) is 11.5. The first kappa shape index (κ1) is 16.7. The molecule has 136 valence electrons. The van der Waals surface area contributed by atoms with Gasteiger partial charge in [0.05, 0.1) is 17.1 Å². The van der Waals surface area contributed by atoms with Gasteiger partial charge >= 0.3 is 0 Å². The zero-order valence-corrected chi connectivity index (χ0v) is 14.4. The van der Waals surface area contributed by atoms with E-state index >= 15 is 0 Å². The molecular weight excluding hydrogens is 360 g/mol. The highest BCUT2D eigenvalue weighted by molar-refractivity contribution is 7.89. The molecule has 0 aromatic heterocycles. The smallest absolute Gasteiger partial charge is 0.262 e. The molecule has 2 aliphatic heterocycles. The molecule has 2 aromatic rings. The SMILES string of the molecule is O=C1COc2ccc(S(=O)(=O)NCC3COc4ccccc4O3)cc2N1. The third-order valence-corrected chi connectivity index (χ3v) is 5.38. The second-order valence-corrected chi connectivity index (χ2v) is 7.61. The van der Waals surface area contributed by atoms with Crippen molar-refractivity contribution < 1.29 is 27.4 Å². The summed E-state index contributed by atoms with van der Waals surface area (Å²) in [6.07, 6.45) is -0.444. The van der Waals surface area contributed by atoms with Gasteiger partial charge in [-0.3, -0.25) is 4.79 Å². The number of carbonyl (C=O) groups is 1. The van der Waals surface area contributed by atoms with Crippen LogP contribution < -0.4 is 24.2 Å². The zero-order chi connectivity index (χ0) is 18.1. The Labute approximate surface area is 150 Å².